The van der Waals surface area contributed by atoms with Crippen molar-refractivity contribution in [1.29, 1.82) is 0 Å². The van der Waals surface area contributed by atoms with Gasteiger partial charge >= 0.3 is 0 Å². The summed E-state index contributed by atoms with van der Waals surface area (Å²) in [5.74, 6) is 0.316. The number of ether oxygens (including phenoxy) is 1. The summed E-state index contributed by atoms with van der Waals surface area (Å²) in [6.07, 6.45) is 4.49. The zero-order valence-electron chi connectivity index (χ0n) is 42.2. The van der Waals surface area contributed by atoms with Gasteiger partial charge in [0.15, 0.2) is 17.4 Å². The number of carbonyl (C=O) groups is 3. The van der Waals surface area contributed by atoms with Gasteiger partial charge in [-0.15, -0.1) is 4.91 Å². The van der Waals surface area contributed by atoms with Crippen LogP contribution < -0.4 is 15.1 Å². The SMILES string of the molecule is CC1=C(c2ccc(C(C)NC(=O)C3CCCN3C(=O)C(c3cc(N4CC5(CN(C(=O)c6cc7c(cc6C(F)F)N(c6nn(C8CCOCC8)c8c6CN(C)CC8)CCC7)C5)C4)no3)C(C)C)cc2)S1(C)N=O. The lowest BCUT2D eigenvalue weighted by Crippen LogP contribution is -2.73. The second kappa shape index (κ2) is 18.7. The Kier molecular flexibility index (Phi) is 12.6. The summed E-state index contributed by atoms with van der Waals surface area (Å²) in [5.41, 5.74) is 5.51. The monoisotopic (exact) mass is 1010 g/mol. The molecule has 4 unspecified atom stereocenters. The highest BCUT2D eigenvalue weighted by Crippen LogP contribution is 2.79. The van der Waals surface area contributed by atoms with Crippen LogP contribution in [0.2, 0.25) is 0 Å². The minimum Gasteiger partial charge on any atom is -0.381 e. The number of aromatic nitrogens is 3. The summed E-state index contributed by atoms with van der Waals surface area (Å²) >= 11 is 0. The van der Waals surface area contributed by atoms with E-state index in [4.69, 9.17) is 14.4 Å². The molecule has 16 nitrogen and oxygen atoms in total. The first-order chi connectivity index (χ1) is 34.6. The first kappa shape index (κ1) is 48.6. The third kappa shape index (κ3) is 8.40. The molecule has 1 spiro atoms. The van der Waals surface area contributed by atoms with Crippen LogP contribution in [0.3, 0.4) is 0 Å². The molecule has 0 aliphatic carbocycles. The fourth-order valence-electron chi connectivity index (χ4n) is 12.5. The maximum Gasteiger partial charge on any atom is 0.264 e. The van der Waals surface area contributed by atoms with Crippen molar-refractivity contribution in [3.05, 3.63) is 97.1 Å². The number of nitroso groups, excluding NO2 is 1. The highest BCUT2D eigenvalue weighted by Gasteiger charge is 2.54. The molecule has 1 N–H and O–H groups in total. The molecule has 9 heterocycles. The van der Waals surface area contributed by atoms with Crippen LogP contribution in [0.15, 0.2) is 56.5 Å². The number of benzene rings is 2. The van der Waals surface area contributed by atoms with E-state index in [1.807, 2.05) is 64.3 Å². The first-order valence-electron chi connectivity index (χ1n) is 25.7. The molecule has 2 aromatic heterocycles. The Hall–Kier alpha value is -5.66. The van der Waals surface area contributed by atoms with Crippen molar-refractivity contribution >= 4 is 50.2 Å². The molecule has 4 saturated heterocycles. The van der Waals surface area contributed by atoms with E-state index >= 15 is 8.78 Å². The molecule has 4 aromatic rings. The number of rotatable bonds is 13. The topological polar surface area (TPSA) is 162 Å². The fourth-order valence-corrected chi connectivity index (χ4v) is 14.6. The number of hydrogen-bond acceptors (Lipinski definition) is 12. The van der Waals surface area contributed by atoms with Gasteiger partial charge in [0.1, 0.15) is 12.0 Å². The lowest BCUT2D eigenvalue weighted by Gasteiger charge is -2.60. The number of allylic oxidation sites excluding steroid dienone is 1. The van der Waals surface area contributed by atoms with Gasteiger partial charge < -0.3 is 39.1 Å². The fraction of sp³-hybridized carbons (Fsp3) is 0.566. The molecule has 0 saturated carbocycles. The number of carbonyl (C=O) groups excluding carboxylic acids is 3. The zero-order valence-corrected chi connectivity index (χ0v) is 43.0. The number of fused-ring (bicyclic) bond motifs is 2. The van der Waals surface area contributed by atoms with Crippen LogP contribution in [0.25, 0.3) is 4.91 Å². The van der Waals surface area contributed by atoms with Crippen molar-refractivity contribution in [2.75, 3.05) is 82.1 Å². The van der Waals surface area contributed by atoms with Gasteiger partial charge in [0, 0.05) is 121 Å². The number of nitrogens with zero attached hydrogens (tertiary/aromatic N) is 9. The van der Waals surface area contributed by atoms with Crippen LogP contribution in [-0.4, -0.2) is 126 Å². The average Bonchev–Trinajstić information content (AvgIpc) is 3.91. The number of likely N-dealkylation sites (tertiary alicyclic amines) is 2. The second-order valence-corrected chi connectivity index (χ2v) is 24.8. The Balaban J connectivity index is 0.725. The summed E-state index contributed by atoms with van der Waals surface area (Å²) in [6.45, 7) is 14.1. The molecule has 384 valence electrons. The lowest BCUT2D eigenvalue weighted by atomic mass is 9.72. The van der Waals surface area contributed by atoms with Crippen molar-refractivity contribution < 1.29 is 32.4 Å². The Morgan fingerprint density at radius 3 is 2.39 bits per heavy atom. The van der Waals surface area contributed by atoms with Crippen LogP contribution in [-0.2, 0) is 33.7 Å². The number of alkyl halides is 2. The first-order valence-corrected chi connectivity index (χ1v) is 27.7. The van der Waals surface area contributed by atoms with Gasteiger partial charge in [-0.1, -0.05) is 53.5 Å². The summed E-state index contributed by atoms with van der Waals surface area (Å²) < 4.78 is 47.3. The molecule has 7 aliphatic rings. The molecule has 7 aliphatic heterocycles. The van der Waals surface area contributed by atoms with Crippen LogP contribution in [0.4, 0.5) is 26.1 Å². The maximum atomic E-state index is 15.1. The third-order valence-corrected chi connectivity index (χ3v) is 19.5. The summed E-state index contributed by atoms with van der Waals surface area (Å²) in [5, 5.41) is 12.8. The number of hydrogen-bond donors (Lipinski definition) is 1. The molecule has 4 atom stereocenters. The standard InChI is InChI=1S/C53H66F2N10O6S/c1-31(2)46(52(68)64-19-8-10-42(64)50(66)56-32(3)34-11-13-35(14-12-34)47-33(4)72(47,6)59-69)44-25-45(58-71-44)61-27-53(28-61)29-62(30-53)51(67)39-23-36-9-7-18-63(43(36)24-38(39)48(54)55)49-40-26-60(5)20-15-41(40)65(57-49)37-16-21-70-22-17-37/h11-14,23-25,31-32,37,42,46,48H,7-10,15-22,26-30H2,1-6H3,(H,56,66). The molecule has 3 amide bonds. The van der Waals surface area contributed by atoms with E-state index in [0.29, 0.717) is 89.0 Å². The summed E-state index contributed by atoms with van der Waals surface area (Å²) in [6, 6.07) is 12.3. The lowest BCUT2D eigenvalue weighted by molar-refractivity contribution is -0.141. The van der Waals surface area contributed by atoms with Gasteiger partial charge in [-0.3, -0.25) is 19.1 Å². The van der Waals surface area contributed by atoms with Crippen LogP contribution in [0.1, 0.15) is 134 Å². The number of nitrogens with one attached hydrogen (secondary N) is 1. The minimum atomic E-state index is -2.83. The predicted molar refractivity (Wildman–Crippen MR) is 272 cm³/mol. The van der Waals surface area contributed by atoms with Crippen LogP contribution in [0.5, 0.6) is 0 Å². The highest BCUT2D eigenvalue weighted by atomic mass is 32.3. The molecular formula is C53H66F2N10O6S. The normalized spacial score (nSPS) is 24.7. The average molecular weight is 1010 g/mol. The zero-order chi connectivity index (χ0) is 50.4. The molecule has 4 fully saturated rings. The van der Waals surface area contributed by atoms with Crippen molar-refractivity contribution in [1.82, 2.24) is 35.0 Å². The van der Waals surface area contributed by atoms with Gasteiger partial charge in [0.05, 0.1) is 12.1 Å². The summed E-state index contributed by atoms with van der Waals surface area (Å²) in [4.78, 5) is 65.7. The number of halogens is 2. The van der Waals surface area contributed by atoms with Crippen molar-refractivity contribution in [2.24, 2.45) is 15.9 Å². The van der Waals surface area contributed by atoms with E-state index in [2.05, 4.69) is 41.5 Å². The molecule has 72 heavy (non-hydrogen) atoms. The van der Waals surface area contributed by atoms with Gasteiger partial charge in [0.2, 0.25) is 11.8 Å². The van der Waals surface area contributed by atoms with E-state index in [-0.39, 0.29) is 52.3 Å². The van der Waals surface area contributed by atoms with Gasteiger partial charge in [-0.2, -0.15) is 5.10 Å². The van der Waals surface area contributed by atoms with Crippen molar-refractivity contribution in [3.8, 4) is 0 Å². The summed E-state index contributed by atoms with van der Waals surface area (Å²) in [7, 11) is 0.423. The Morgan fingerprint density at radius 1 is 0.944 bits per heavy atom. The minimum absolute atomic E-state index is 0.0690. The quantitative estimate of drug-likeness (QED) is 0.128. The van der Waals surface area contributed by atoms with Gasteiger partial charge in [0.25, 0.3) is 12.3 Å². The number of anilines is 3. The van der Waals surface area contributed by atoms with Gasteiger partial charge in [-0.05, 0) is 105 Å². The van der Waals surface area contributed by atoms with Gasteiger partial charge in [-0.25, -0.2) is 8.78 Å². The van der Waals surface area contributed by atoms with Crippen molar-refractivity contribution in [3.63, 3.8) is 0 Å². The molecular weight excluding hydrogens is 943 g/mol. The Labute approximate surface area is 420 Å². The van der Waals surface area contributed by atoms with Crippen LogP contribution in [0, 0.1) is 16.2 Å². The maximum absolute atomic E-state index is 15.1. The molecule has 11 rings (SSSR count). The smallest absolute Gasteiger partial charge is 0.264 e. The highest BCUT2D eigenvalue weighted by molar-refractivity contribution is 8.48. The van der Waals surface area contributed by atoms with E-state index in [1.165, 1.54) is 5.69 Å². The number of likely N-dealkylation sites (N-methyl/N-ethyl adjacent to an activating group) is 1. The largest absolute Gasteiger partial charge is 0.381 e. The molecule has 0 radical (unpaired) electrons. The van der Waals surface area contributed by atoms with E-state index in [9.17, 15) is 19.3 Å². The number of amides is 3. The van der Waals surface area contributed by atoms with E-state index in [1.54, 1.807) is 21.9 Å². The molecule has 0 bridgehead atoms. The predicted octanol–water partition coefficient (Wildman–Crippen LogP) is 8.62. The third-order valence-electron chi connectivity index (χ3n) is 16.6. The number of aryl methyl sites for hydroxylation is 1. The van der Waals surface area contributed by atoms with Crippen LogP contribution >= 0.6 is 10.2 Å². The second-order valence-electron chi connectivity index (χ2n) is 21.9. The van der Waals surface area contributed by atoms with E-state index < -0.39 is 28.6 Å². The Morgan fingerprint density at radius 2 is 1.69 bits per heavy atom. The van der Waals surface area contributed by atoms with Crippen molar-refractivity contribution in [2.45, 2.75) is 110 Å². The molecule has 2 aromatic carbocycles. The Bertz CT molecular complexity index is 2830. The molecule has 19 heteroatoms. The van der Waals surface area contributed by atoms with E-state index in [0.717, 1.165) is 76.7 Å².